The maximum atomic E-state index is 15.5. The van der Waals surface area contributed by atoms with Gasteiger partial charge in [-0.3, -0.25) is 0 Å². The van der Waals surface area contributed by atoms with E-state index in [1.165, 1.54) is 31.7 Å². The van der Waals surface area contributed by atoms with Crippen molar-refractivity contribution in [3.63, 3.8) is 0 Å². The molecule has 0 aliphatic heterocycles. The molecule has 0 saturated heterocycles. The molecule has 2 aliphatic rings. The zero-order chi connectivity index (χ0) is 24.6. The van der Waals surface area contributed by atoms with E-state index in [-0.39, 0.29) is 29.0 Å². The fourth-order valence-corrected chi connectivity index (χ4v) is 5.20. The number of fused-ring (bicyclic) bond motifs is 1. The van der Waals surface area contributed by atoms with Crippen molar-refractivity contribution in [2.75, 3.05) is 0 Å². The van der Waals surface area contributed by atoms with Crippen LogP contribution in [0.15, 0.2) is 24.3 Å². The van der Waals surface area contributed by atoms with E-state index in [1.807, 2.05) is 0 Å². The van der Waals surface area contributed by atoms with Crippen LogP contribution < -0.4 is 0 Å². The predicted octanol–water partition coefficient (Wildman–Crippen LogP) is 8.40. The van der Waals surface area contributed by atoms with Crippen molar-refractivity contribution in [3.8, 4) is 11.1 Å². The minimum absolute atomic E-state index is 0.0797. The lowest BCUT2D eigenvalue weighted by Gasteiger charge is -2.37. The molecular weight excluding hydrogens is 400 g/mol. The Balaban J connectivity index is 1.58. The molecule has 4 rings (SSSR count). The molecule has 4 heteroatoms. The second-order valence-corrected chi connectivity index (χ2v) is 9.10. The van der Waals surface area contributed by atoms with E-state index in [4.69, 9.17) is 4.11 Å². The van der Waals surface area contributed by atoms with Gasteiger partial charge in [0, 0.05) is 9.68 Å². The van der Waals surface area contributed by atoms with Crippen LogP contribution in [0.5, 0.6) is 0 Å². The molecule has 1 saturated carbocycles. The molecule has 1 fully saturated rings. The van der Waals surface area contributed by atoms with Crippen LogP contribution in [0.1, 0.15) is 79.9 Å². The molecule has 0 amide bonds. The summed E-state index contributed by atoms with van der Waals surface area (Å²) in [6.45, 7) is 2.19. The average Bonchev–Trinajstić information content (AvgIpc) is 2.79. The monoisotopic (exact) mass is 435 g/mol. The highest BCUT2D eigenvalue weighted by molar-refractivity contribution is 5.66. The maximum absolute atomic E-state index is 15.5. The molecule has 2 aromatic carbocycles. The standard InChI is InChI=1S/C27H32F4/c1-2-3-4-5-17-6-8-18(9-7-17)19-10-12-22-20(14-19)11-13-23(26(22)30)21-15-24(28)27(31)25(29)16-21/h11,13,15-19H,2-10,12,14H2,1H3/i10D2,14D. The zero-order valence-electron chi connectivity index (χ0n) is 21.0. The van der Waals surface area contributed by atoms with E-state index >= 15 is 4.39 Å². The molecule has 2 unspecified atom stereocenters. The Morgan fingerprint density at radius 2 is 1.61 bits per heavy atom. The van der Waals surface area contributed by atoms with Crippen LogP contribution in [0.2, 0.25) is 0 Å². The van der Waals surface area contributed by atoms with Crippen molar-refractivity contribution in [1.29, 1.82) is 0 Å². The van der Waals surface area contributed by atoms with Crippen molar-refractivity contribution in [2.45, 2.75) is 77.5 Å². The zero-order valence-corrected chi connectivity index (χ0v) is 18.0. The molecule has 168 valence electrons. The van der Waals surface area contributed by atoms with Crippen LogP contribution in [0.25, 0.3) is 11.1 Å². The van der Waals surface area contributed by atoms with Gasteiger partial charge in [0.25, 0.3) is 0 Å². The molecule has 0 spiro atoms. The Bertz CT molecular complexity index is 1010. The van der Waals surface area contributed by atoms with Crippen LogP contribution in [0, 0.1) is 41.0 Å². The molecule has 0 bridgehead atoms. The highest BCUT2D eigenvalue weighted by atomic mass is 19.2. The summed E-state index contributed by atoms with van der Waals surface area (Å²) in [5, 5.41) is 0. The van der Waals surface area contributed by atoms with Gasteiger partial charge in [0.1, 0.15) is 5.82 Å². The van der Waals surface area contributed by atoms with Gasteiger partial charge in [-0.25, -0.2) is 17.6 Å². The van der Waals surface area contributed by atoms with Gasteiger partial charge in [0.2, 0.25) is 0 Å². The van der Waals surface area contributed by atoms with Gasteiger partial charge in [0.15, 0.2) is 17.5 Å². The predicted molar refractivity (Wildman–Crippen MR) is 117 cm³/mol. The van der Waals surface area contributed by atoms with E-state index in [2.05, 4.69) is 6.92 Å². The van der Waals surface area contributed by atoms with E-state index in [1.54, 1.807) is 6.07 Å². The highest BCUT2D eigenvalue weighted by Gasteiger charge is 2.31. The number of hydrogen-bond acceptors (Lipinski definition) is 0. The molecule has 0 nitrogen and oxygen atoms in total. The summed E-state index contributed by atoms with van der Waals surface area (Å²) >= 11 is 0. The van der Waals surface area contributed by atoms with Gasteiger partial charge >= 0.3 is 0 Å². The second-order valence-electron chi connectivity index (χ2n) is 9.10. The normalized spacial score (nSPS) is 29.0. The van der Waals surface area contributed by atoms with E-state index < -0.39 is 42.0 Å². The Labute approximate surface area is 187 Å². The summed E-state index contributed by atoms with van der Waals surface area (Å²) in [6, 6.07) is 4.41. The quantitative estimate of drug-likeness (QED) is 0.243. The third-order valence-electron chi connectivity index (χ3n) is 7.06. The van der Waals surface area contributed by atoms with E-state index in [9.17, 15) is 13.2 Å². The molecule has 31 heavy (non-hydrogen) atoms. The third kappa shape index (κ3) is 4.83. The summed E-state index contributed by atoms with van der Waals surface area (Å²) in [4.78, 5) is 0. The molecule has 2 atom stereocenters. The molecule has 2 aliphatic carbocycles. The third-order valence-corrected chi connectivity index (χ3v) is 7.06. The summed E-state index contributed by atoms with van der Waals surface area (Å²) in [6.07, 6.45) is 5.89. The second kappa shape index (κ2) is 9.75. The summed E-state index contributed by atoms with van der Waals surface area (Å²) < 4.78 is 82.7. The lowest BCUT2D eigenvalue weighted by atomic mass is 9.69. The molecule has 0 heterocycles. The summed E-state index contributed by atoms with van der Waals surface area (Å²) in [5.41, 5.74) is 0.250. The van der Waals surface area contributed by atoms with Crippen molar-refractivity contribution >= 4 is 0 Å². The fraction of sp³-hybridized carbons (Fsp3) is 0.556. The lowest BCUT2D eigenvalue weighted by molar-refractivity contribution is 0.182. The van der Waals surface area contributed by atoms with E-state index in [0.29, 0.717) is 11.5 Å². The first-order valence-corrected chi connectivity index (χ1v) is 11.5. The van der Waals surface area contributed by atoms with Crippen molar-refractivity contribution < 1.29 is 21.7 Å². The Morgan fingerprint density at radius 3 is 2.29 bits per heavy atom. The lowest BCUT2D eigenvalue weighted by Crippen LogP contribution is -2.27. The first-order chi connectivity index (χ1) is 16.1. The van der Waals surface area contributed by atoms with Crippen LogP contribution >= 0.6 is 0 Å². The smallest absolute Gasteiger partial charge is 0.194 e. The Morgan fingerprint density at radius 1 is 0.903 bits per heavy atom. The number of halogens is 4. The van der Waals surface area contributed by atoms with Gasteiger partial charge in [-0.05, 0) is 78.6 Å². The molecule has 0 N–H and O–H groups in total. The number of rotatable bonds is 6. The van der Waals surface area contributed by atoms with Gasteiger partial charge < -0.3 is 0 Å². The molecular formula is C27H32F4. The average molecular weight is 436 g/mol. The minimum Gasteiger partial charge on any atom is -0.206 e. The van der Waals surface area contributed by atoms with Gasteiger partial charge in [-0.15, -0.1) is 0 Å². The largest absolute Gasteiger partial charge is 0.206 e. The van der Waals surface area contributed by atoms with Crippen molar-refractivity contribution in [1.82, 2.24) is 0 Å². The van der Waals surface area contributed by atoms with Crippen LogP contribution in [0.3, 0.4) is 0 Å². The number of hydrogen-bond donors (Lipinski definition) is 0. The van der Waals surface area contributed by atoms with Gasteiger partial charge in [0.05, 0.1) is 0 Å². The topological polar surface area (TPSA) is 0 Å². The molecule has 2 aromatic rings. The first kappa shape index (κ1) is 18.7. The number of unbranched alkanes of at least 4 members (excludes halogenated alkanes) is 2. The van der Waals surface area contributed by atoms with E-state index in [0.717, 1.165) is 37.8 Å². The SMILES string of the molecule is [2H]C1c2ccc(-c3cc(F)c(F)c(F)c3)c(F)c2CC([2H])([2H])C1C1CCC(CCCCC)CC1. The van der Waals surface area contributed by atoms with Gasteiger partial charge in [-0.2, -0.15) is 0 Å². The van der Waals surface area contributed by atoms with Crippen LogP contribution in [-0.4, -0.2) is 0 Å². The highest BCUT2D eigenvalue weighted by Crippen LogP contribution is 2.42. The maximum Gasteiger partial charge on any atom is 0.194 e. The van der Waals surface area contributed by atoms with Gasteiger partial charge in [-0.1, -0.05) is 57.6 Å². The Kier molecular flexibility index (Phi) is 5.88. The van der Waals surface area contributed by atoms with Crippen LogP contribution in [-0.2, 0) is 12.8 Å². The van der Waals surface area contributed by atoms with Crippen molar-refractivity contribution in [3.05, 3.63) is 58.7 Å². The summed E-state index contributed by atoms with van der Waals surface area (Å²) in [5.74, 6) is -5.00. The molecule has 0 aromatic heterocycles. The Hall–Kier alpha value is -1.84. The van der Waals surface area contributed by atoms with Crippen molar-refractivity contribution in [2.24, 2.45) is 17.8 Å². The summed E-state index contributed by atoms with van der Waals surface area (Å²) in [7, 11) is 0. The van der Waals surface area contributed by atoms with Crippen LogP contribution in [0.4, 0.5) is 17.6 Å². The minimum atomic E-state index is -1.77. The molecule has 0 radical (unpaired) electrons. The first-order valence-electron chi connectivity index (χ1n) is 13.1. The number of benzene rings is 2. The fourth-order valence-electron chi connectivity index (χ4n) is 5.20.